The van der Waals surface area contributed by atoms with E-state index < -0.39 is 0 Å². The molecular weight excluding hydrogens is 258 g/mol. The van der Waals surface area contributed by atoms with Gasteiger partial charge >= 0.3 is 0 Å². The summed E-state index contributed by atoms with van der Waals surface area (Å²) in [5.41, 5.74) is 1.90. The van der Waals surface area contributed by atoms with E-state index in [1.807, 2.05) is 54.7 Å². The number of hydrogen-bond donors (Lipinski definition) is 0. The molecule has 1 heterocycles. The Kier molecular flexibility index (Phi) is 6.14. The molecule has 0 aliphatic carbocycles. The van der Waals surface area contributed by atoms with Crippen molar-refractivity contribution in [1.82, 2.24) is 4.98 Å². The molecule has 1 atom stereocenters. The van der Waals surface area contributed by atoms with Crippen LogP contribution in [-0.2, 0) is 6.42 Å². The van der Waals surface area contributed by atoms with Crippen LogP contribution in [0.1, 0.15) is 48.7 Å². The second kappa shape index (κ2) is 8.35. The highest BCUT2D eigenvalue weighted by atomic mass is 16.1. The first-order valence-electron chi connectivity index (χ1n) is 7.80. The van der Waals surface area contributed by atoms with Crippen molar-refractivity contribution in [3.05, 3.63) is 66.0 Å². The number of aryl methyl sites for hydroxylation is 1. The minimum absolute atomic E-state index is 0.106. The summed E-state index contributed by atoms with van der Waals surface area (Å²) in [6, 6.07) is 15.6. The largest absolute Gasteiger partial charge is 0.294 e. The Morgan fingerprint density at radius 2 is 1.81 bits per heavy atom. The zero-order valence-electron chi connectivity index (χ0n) is 12.7. The first-order chi connectivity index (χ1) is 10.3. The molecule has 0 saturated heterocycles. The van der Waals surface area contributed by atoms with Crippen molar-refractivity contribution in [2.24, 2.45) is 5.92 Å². The van der Waals surface area contributed by atoms with Gasteiger partial charge < -0.3 is 0 Å². The van der Waals surface area contributed by atoms with Crippen molar-refractivity contribution in [3.63, 3.8) is 0 Å². The minimum Gasteiger partial charge on any atom is -0.294 e. The van der Waals surface area contributed by atoms with Crippen molar-refractivity contribution in [2.75, 3.05) is 0 Å². The van der Waals surface area contributed by atoms with Gasteiger partial charge in [-0.15, -0.1) is 0 Å². The molecule has 0 radical (unpaired) electrons. The lowest BCUT2D eigenvalue weighted by atomic mass is 9.88. The van der Waals surface area contributed by atoms with Gasteiger partial charge in [-0.3, -0.25) is 9.78 Å². The highest BCUT2D eigenvalue weighted by Gasteiger charge is 2.19. The topological polar surface area (TPSA) is 30.0 Å². The molecule has 1 aromatic heterocycles. The Labute approximate surface area is 127 Å². The van der Waals surface area contributed by atoms with E-state index in [2.05, 4.69) is 11.9 Å². The number of hydrogen-bond acceptors (Lipinski definition) is 2. The average Bonchev–Trinajstić information content (AvgIpc) is 2.56. The molecule has 2 heteroatoms. The van der Waals surface area contributed by atoms with Crippen molar-refractivity contribution < 1.29 is 4.79 Å². The van der Waals surface area contributed by atoms with Crippen LogP contribution in [0.3, 0.4) is 0 Å². The number of Topliss-reactive ketones (excluding diaryl/α,β-unsaturated/α-hetero) is 1. The van der Waals surface area contributed by atoms with Gasteiger partial charge in [0.1, 0.15) is 0 Å². The van der Waals surface area contributed by atoms with Crippen molar-refractivity contribution in [1.29, 1.82) is 0 Å². The van der Waals surface area contributed by atoms with Crippen LogP contribution in [-0.4, -0.2) is 10.8 Å². The van der Waals surface area contributed by atoms with Crippen LogP contribution in [0, 0.1) is 5.92 Å². The van der Waals surface area contributed by atoms with Crippen LogP contribution < -0.4 is 0 Å². The molecule has 0 saturated carbocycles. The fraction of sp³-hybridized carbons (Fsp3) is 0.368. The monoisotopic (exact) mass is 281 g/mol. The van der Waals surface area contributed by atoms with Gasteiger partial charge in [0.15, 0.2) is 5.78 Å². The molecule has 2 rings (SSSR count). The van der Waals surface area contributed by atoms with Gasteiger partial charge in [-0.25, -0.2) is 0 Å². The average molecular weight is 281 g/mol. The third-order valence-corrected chi connectivity index (χ3v) is 3.81. The van der Waals surface area contributed by atoms with E-state index in [0.717, 1.165) is 43.4 Å². The maximum atomic E-state index is 12.7. The summed E-state index contributed by atoms with van der Waals surface area (Å²) < 4.78 is 0. The van der Waals surface area contributed by atoms with Gasteiger partial charge in [0, 0.05) is 23.4 Å². The van der Waals surface area contributed by atoms with Gasteiger partial charge in [-0.1, -0.05) is 56.2 Å². The summed E-state index contributed by atoms with van der Waals surface area (Å²) in [6.07, 6.45) is 6.76. The van der Waals surface area contributed by atoms with Crippen molar-refractivity contribution >= 4 is 5.78 Å². The molecule has 0 unspecified atom stereocenters. The number of rotatable bonds is 8. The van der Waals surface area contributed by atoms with Crippen LogP contribution in [0.15, 0.2) is 54.7 Å². The summed E-state index contributed by atoms with van der Waals surface area (Å²) in [5.74, 6) is 0.384. The van der Waals surface area contributed by atoms with Crippen LogP contribution in [0.5, 0.6) is 0 Å². The standard InChI is InChI=1S/C19H23NO/c1-2-3-9-17(13-14-18-12-7-8-15-20-18)19(21)16-10-5-4-6-11-16/h4-8,10-12,15,17H,2-3,9,13-14H2,1H3/t17-/m0/s1. The first kappa shape index (κ1) is 15.4. The van der Waals surface area contributed by atoms with E-state index in [0.29, 0.717) is 0 Å². The van der Waals surface area contributed by atoms with E-state index in [9.17, 15) is 4.79 Å². The highest BCUT2D eigenvalue weighted by molar-refractivity contribution is 5.97. The van der Waals surface area contributed by atoms with Crippen molar-refractivity contribution in [3.8, 4) is 0 Å². The number of ketones is 1. The molecule has 0 spiro atoms. The predicted molar refractivity (Wildman–Crippen MR) is 86.3 cm³/mol. The van der Waals surface area contributed by atoms with Crippen LogP contribution >= 0.6 is 0 Å². The zero-order valence-corrected chi connectivity index (χ0v) is 12.7. The maximum Gasteiger partial charge on any atom is 0.165 e. The molecule has 110 valence electrons. The minimum atomic E-state index is 0.106. The fourth-order valence-corrected chi connectivity index (χ4v) is 2.56. The summed E-state index contributed by atoms with van der Waals surface area (Å²) >= 11 is 0. The molecule has 0 amide bonds. The summed E-state index contributed by atoms with van der Waals surface area (Å²) in [7, 11) is 0. The van der Waals surface area contributed by atoms with E-state index >= 15 is 0 Å². The first-order valence-corrected chi connectivity index (χ1v) is 7.80. The van der Waals surface area contributed by atoms with E-state index in [1.165, 1.54) is 0 Å². The number of aromatic nitrogens is 1. The Hall–Kier alpha value is -1.96. The Bertz CT molecular complexity index is 536. The predicted octanol–water partition coefficient (Wildman–Crippen LogP) is 4.70. The zero-order chi connectivity index (χ0) is 14.9. The summed E-state index contributed by atoms with van der Waals surface area (Å²) in [5, 5.41) is 0. The van der Waals surface area contributed by atoms with Crippen LogP contribution in [0.4, 0.5) is 0 Å². The molecule has 0 N–H and O–H groups in total. The Morgan fingerprint density at radius 3 is 2.48 bits per heavy atom. The highest BCUT2D eigenvalue weighted by Crippen LogP contribution is 2.20. The van der Waals surface area contributed by atoms with E-state index in [4.69, 9.17) is 0 Å². The number of carbonyl (C=O) groups is 1. The number of benzene rings is 1. The number of carbonyl (C=O) groups excluding carboxylic acids is 1. The normalized spacial score (nSPS) is 12.0. The van der Waals surface area contributed by atoms with Gasteiger partial charge in [0.05, 0.1) is 0 Å². The number of pyridine rings is 1. The summed E-state index contributed by atoms with van der Waals surface area (Å²) in [4.78, 5) is 17.0. The second-order valence-electron chi connectivity index (χ2n) is 5.43. The molecule has 0 aliphatic rings. The number of nitrogens with zero attached hydrogens (tertiary/aromatic N) is 1. The lowest BCUT2D eigenvalue weighted by Crippen LogP contribution is -2.16. The Morgan fingerprint density at radius 1 is 1.05 bits per heavy atom. The smallest absolute Gasteiger partial charge is 0.165 e. The number of unbranched alkanes of at least 4 members (excludes halogenated alkanes) is 1. The van der Waals surface area contributed by atoms with Crippen LogP contribution in [0.25, 0.3) is 0 Å². The molecule has 2 aromatic rings. The third kappa shape index (κ3) is 4.82. The molecular formula is C19H23NO. The fourth-order valence-electron chi connectivity index (χ4n) is 2.56. The Balaban J connectivity index is 2.02. The van der Waals surface area contributed by atoms with Gasteiger partial charge in [-0.2, -0.15) is 0 Å². The van der Waals surface area contributed by atoms with Gasteiger partial charge in [0.2, 0.25) is 0 Å². The summed E-state index contributed by atoms with van der Waals surface area (Å²) in [6.45, 7) is 2.17. The molecule has 2 nitrogen and oxygen atoms in total. The van der Waals surface area contributed by atoms with Gasteiger partial charge in [0.25, 0.3) is 0 Å². The van der Waals surface area contributed by atoms with Crippen LogP contribution in [0.2, 0.25) is 0 Å². The van der Waals surface area contributed by atoms with E-state index in [-0.39, 0.29) is 11.7 Å². The lowest BCUT2D eigenvalue weighted by Gasteiger charge is -2.15. The molecule has 21 heavy (non-hydrogen) atoms. The van der Waals surface area contributed by atoms with Gasteiger partial charge in [-0.05, 0) is 31.4 Å². The maximum absolute atomic E-state index is 12.7. The molecule has 0 fully saturated rings. The van der Waals surface area contributed by atoms with E-state index in [1.54, 1.807) is 0 Å². The molecule has 0 aliphatic heterocycles. The quantitative estimate of drug-likeness (QED) is 0.656. The lowest BCUT2D eigenvalue weighted by molar-refractivity contribution is 0.0904. The third-order valence-electron chi connectivity index (χ3n) is 3.81. The van der Waals surface area contributed by atoms with Crippen molar-refractivity contribution in [2.45, 2.75) is 39.0 Å². The molecule has 1 aromatic carbocycles. The SMILES string of the molecule is CCCC[C@@H](CCc1ccccn1)C(=O)c1ccccc1. The second-order valence-corrected chi connectivity index (χ2v) is 5.43. The molecule has 0 bridgehead atoms.